The molecule has 0 heterocycles. The molecule has 0 aliphatic heterocycles. The zero-order valence-corrected chi connectivity index (χ0v) is 16.0. The van der Waals surface area contributed by atoms with Gasteiger partial charge in [-0.1, -0.05) is 40.9 Å². The number of guanidine groups is 1. The fourth-order valence-corrected chi connectivity index (χ4v) is 3.22. The molecule has 0 atom stereocenters. The maximum absolute atomic E-state index is 4.19. The fourth-order valence-electron chi connectivity index (χ4n) is 2.95. The Morgan fingerprint density at radius 2 is 1.85 bits per heavy atom. The van der Waals surface area contributed by atoms with Gasteiger partial charge in [0.15, 0.2) is 5.96 Å². The quantitative estimate of drug-likeness (QED) is 0.418. The van der Waals surface area contributed by atoms with E-state index in [9.17, 15) is 0 Å². The van der Waals surface area contributed by atoms with Crippen LogP contribution in [0.3, 0.4) is 0 Å². The molecule has 0 spiro atoms. The summed E-state index contributed by atoms with van der Waals surface area (Å²) in [6.07, 6.45) is 5.14. The lowest BCUT2D eigenvalue weighted by Gasteiger charge is -2.30. The van der Waals surface area contributed by atoms with Crippen molar-refractivity contribution < 1.29 is 0 Å². The Kier molecular flexibility index (Phi) is 7.29. The first-order valence-electron chi connectivity index (χ1n) is 6.85. The van der Waals surface area contributed by atoms with E-state index in [1.54, 1.807) is 7.05 Å². The van der Waals surface area contributed by atoms with Crippen LogP contribution in [-0.4, -0.2) is 26.6 Å². The first-order valence-corrected chi connectivity index (χ1v) is 7.64. The molecule has 1 fully saturated rings. The third kappa shape index (κ3) is 4.10. The smallest absolute Gasteiger partial charge is 0.190 e. The number of rotatable bonds is 3. The van der Waals surface area contributed by atoms with E-state index in [0.717, 1.165) is 17.0 Å². The molecule has 20 heavy (non-hydrogen) atoms. The summed E-state index contributed by atoms with van der Waals surface area (Å²) in [4.78, 5) is 4.19. The molecule has 0 aromatic heterocycles. The van der Waals surface area contributed by atoms with Crippen LogP contribution in [0.15, 0.2) is 33.7 Å². The summed E-state index contributed by atoms with van der Waals surface area (Å²) in [5.41, 5.74) is 1.69. The van der Waals surface area contributed by atoms with Crippen LogP contribution in [0.2, 0.25) is 0 Å². The van der Waals surface area contributed by atoms with E-state index in [0.29, 0.717) is 0 Å². The second kappa shape index (κ2) is 8.22. The molecular formula is C15H23BrIN3. The Bertz CT molecular complexity index is 439. The summed E-state index contributed by atoms with van der Waals surface area (Å²) >= 11 is 3.51. The predicted octanol–water partition coefficient (Wildman–Crippen LogP) is 3.67. The highest BCUT2D eigenvalue weighted by atomic mass is 127. The minimum absolute atomic E-state index is 0. The topological polar surface area (TPSA) is 36.4 Å². The van der Waals surface area contributed by atoms with Crippen molar-refractivity contribution in [1.29, 1.82) is 0 Å². The van der Waals surface area contributed by atoms with Crippen LogP contribution < -0.4 is 10.6 Å². The molecule has 2 N–H and O–H groups in total. The summed E-state index contributed by atoms with van der Waals surface area (Å²) in [5, 5.41) is 6.53. The summed E-state index contributed by atoms with van der Waals surface area (Å²) in [6, 6.07) is 8.78. The van der Waals surface area contributed by atoms with Crippen molar-refractivity contribution in [3.8, 4) is 0 Å². The maximum Gasteiger partial charge on any atom is 0.190 e. The molecule has 1 saturated carbocycles. The van der Waals surface area contributed by atoms with E-state index < -0.39 is 0 Å². The summed E-state index contributed by atoms with van der Waals surface area (Å²) in [6.45, 7) is 0.947. The number of hydrogen-bond donors (Lipinski definition) is 2. The van der Waals surface area contributed by atoms with E-state index in [-0.39, 0.29) is 29.4 Å². The highest BCUT2D eigenvalue weighted by Crippen LogP contribution is 2.40. The van der Waals surface area contributed by atoms with E-state index >= 15 is 0 Å². The standard InChI is InChI=1S/C15H22BrN3.HI/c1-17-14(18-2)19-11-15(9-3-4-10-15)12-5-7-13(16)8-6-12;/h5-8H,3-4,9-11H2,1-2H3,(H2,17,18,19);1H. The molecule has 0 unspecified atom stereocenters. The fraction of sp³-hybridized carbons (Fsp3) is 0.533. The van der Waals surface area contributed by atoms with Gasteiger partial charge in [-0.2, -0.15) is 0 Å². The second-order valence-electron chi connectivity index (χ2n) is 5.17. The van der Waals surface area contributed by atoms with Crippen molar-refractivity contribution in [2.45, 2.75) is 31.1 Å². The van der Waals surface area contributed by atoms with Crippen molar-refractivity contribution in [2.75, 3.05) is 20.6 Å². The van der Waals surface area contributed by atoms with Crippen LogP contribution in [0.1, 0.15) is 31.2 Å². The minimum Gasteiger partial charge on any atom is -0.359 e. The zero-order chi connectivity index (χ0) is 13.7. The van der Waals surface area contributed by atoms with Gasteiger partial charge in [0, 0.05) is 30.5 Å². The molecule has 1 aliphatic rings. The highest BCUT2D eigenvalue weighted by Gasteiger charge is 2.35. The molecule has 1 aliphatic carbocycles. The van der Waals surface area contributed by atoms with Gasteiger partial charge >= 0.3 is 0 Å². The summed E-state index contributed by atoms with van der Waals surface area (Å²) in [5.74, 6) is 0.864. The van der Waals surface area contributed by atoms with Gasteiger partial charge in [-0.05, 0) is 30.5 Å². The average Bonchev–Trinajstić information content (AvgIpc) is 2.91. The van der Waals surface area contributed by atoms with Crippen molar-refractivity contribution >= 4 is 45.9 Å². The van der Waals surface area contributed by atoms with Gasteiger partial charge in [-0.15, -0.1) is 24.0 Å². The number of nitrogens with one attached hydrogen (secondary N) is 2. The number of halogens is 2. The van der Waals surface area contributed by atoms with Crippen molar-refractivity contribution in [3.05, 3.63) is 34.3 Å². The summed E-state index contributed by atoms with van der Waals surface area (Å²) in [7, 11) is 3.70. The lowest BCUT2D eigenvalue weighted by atomic mass is 9.79. The summed E-state index contributed by atoms with van der Waals surface area (Å²) < 4.78 is 1.14. The first kappa shape index (κ1) is 17.8. The second-order valence-corrected chi connectivity index (χ2v) is 6.09. The lowest BCUT2D eigenvalue weighted by molar-refractivity contribution is 0.432. The van der Waals surface area contributed by atoms with Crippen molar-refractivity contribution in [2.24, 2.45) is 4.99 Å². The molecule has 1 aromatic carbocycles. The van der Waals surface area contributed by atoms with Crippen molar-refractivity contribution in [3.63, 3.8) is 0 Å². The largest absolute Gasteiger partial charge is 0.359 e. The Morgan fingerprint density at radius 3 is 2.35 bits per heavy atom. The van der Waals surface area contributed by atoms with Gasteiger partial charge in [0.25, 0.3) is 0 Å². The molecule has 0 bridgehead atoms. The molecule has 2 rings (SSSR count). The Balaban J connectivity index is 0.00000200. The number of nitrogens with zero attached hydrogens (tertiary/aromatic N) is 1. The zero-order valence-electron chi connectivity index (χ0n) is 12.1. The normalized spacial score (nSPS) is 17.4. The van der Waals surface area contributed by atoms with Gasteiger partial charge in [0.05, 0.1) is 0 Å². The molecule has 0 radical (unpaired) electrons. The Hall–Kier alpha value is -0.300. The molecule has 0 amide bonds. The van der Waals surface area contributed by atoms with E-state index in [1.807, 2.05) is 7.05 Å². The van der Waals surface area contributed by atoms with Gasteiger partial charge in [-0.25, -0.2) is 0 Å². The van der Waals surface area contributed by atoms with Crippen molar-refractivity contribution in [1.82, 2.24) is 10.6 Å². The van der Waals surface area contributed by atoms with E-state index in [2.05, 4.69) is 55.8 Å². The lowest BCUT2D eigenvalue weighted by Crippen LogP contribution is -2.43. The van der Waals surface area contributed by atoms with Crippen LogP contribution >= 0.6 is 39.9 Å². The Labute approximate surface area is 147 Å². The molecule has 3 nitrogen and oxygen atoms in total. The highest BCUT2D eigenvalue weighted by molar-refractivity contribution is 14.0. The SMILES string of the molecule is CN=C(NC)NCC1(c2ccc(Br)cc2)CCCC1.I. The third-order valence-corrected chi connectivity index (χ3v) is 4.60. The molecule has 5 heteroatoms. The van der Waals surface area contributed by atoms with Crippen LogP contribution in [0.5, 0.6) is 0 Å². The van der Waals surface area contributed by atoms with Crippen LogP contribution in [-0.2, 0) is 5.41 Å². The van der Waals surface area contributed by atoms with Gasteiger partial charge < -0.3 is 10.6 Å². The predicted molar refractivity (Wildman–Crippen MR) is 100 cm³/mol. The third-order valence-electron chi connectivity index (χ3n) is 4.07. The van der Waals surface area contributed by atoms with Gasteiger partial charge in [-0.3, -0.25) is 4.99 Å². The van der Waals surface area contributed by atoms with E-state index in [4.69, 9.17) is 0 Å². The van der Waals surface area contributed by atoms with Crippen LogP contribution in [0.4, 0.5) is 0 Å². The molecule has 0 saturated heterocycles. The molecular weight excluding hydrogens is 429 g/mol. The Morgan fingerprint density at radius 1 is 1.25 bits per heavy atom. The van der Waals surface area contributed by atoms with Crippen LogP contribution in [0, 0.1) is 0 Å². The van der Waals surface area contributed by atoms with Gasteiger partial charge in [0.1, 0.15) is 0 Å². The van der Waals surface area contributed by atoms with Gasteiger partial charge in [0.2, 0.25) is 0 Å². The number of hydrogen-bond acceptors (Lipinski definition) is 1. The monoisotopic (exact) mass is 451 g/mol. The van der Waals surface area contributed by atoms with E-state index in [1.165, 1.54) is 31.2 Å². The average molecular weight is 452 g/mol. The number of aliphatic imine (C=N–C) groups is 1. The molecule has 112 valence electrons. The van der Waals surface area contributed by atoms with Crippen LogP contribution in [0.25, 0.3) is 0 Å². The minimum atomic E-state index is 0. The molecule has 1 aromatic rings. The maximum atomic E-state index is 4.19. The number of benzene rings is 1. The first-order chi connectivity index (χ1) is 9.20.